The van der Waals surface area contributed by atoms with Crippen molar-refractivity contribution in [3.63, 3.8) is 0 Å². The van der Waals surface area contributed by atoms with Gasteiger partial charge in [-0.1, -0.05) is 0 Å². The summed E-state index contributed by atoms with van der Waals surface area (Å²) in [5.41, 5.74) is 0. The van der Waals surface area contributed by atoms with Crippen LogP contribution in [0.4, 0.5) is 0 Å². The Morgan fingerprint density at radius 3 is 0.947 bits per heavy atom. The Morgan fingerprint density at radius 1 is 0.526 bits per heavy atom. The van der Waals surface area contributed by atoms with Crippen molar-refractivity contribution in [2.24, 2.45) is 0 Å². The normalized spacial score (nSPS) is 18.9. The molecule has 0 spiro atoms. The van der Waals surface area contributed by atoms with Crippen LogP contribution in [0, 0.1) is 0 Å². The molecular weight excluding hydrogens is 435 g/mol. The third-order valence-electron chi connectivity index (χ3n) is 2.26. The molecule has 9 heteroatoms. The average molecular weight is 451 g/mol. The molecule has 0 saturated carbocycles. The zero-order valence-corrected chi connectivity index (χ0v) is 12.5. The first-order valence-electron chi connectivity index (χ1n) is 5.73. The van der Waals surface area contributed by atoms with E-state index in [0.717, 1.165) is 0 Å². The van der Waals surface area contributed by atoms with Crippen LogP contribution in [0.5, 0.6) is 0 Å². The van der Waals surface area contributed by atoms with Gasteiger partial charge < -0.3 is 21.3 Å². The van der Waals surface area contributed by atoms with Crippen LogP contribution in [-0.4, -0.2) is 49.8 Å². The van der Waals surface area contributed by atoms with Gasteiger partial charge in [-0.15, -0.1) is 0 Å². The summed E-state index contributed by atoms with van der Waals surface area (Å²) in [5.74, 6) is -2.77. The van der Waals surface area contributed by atoms with Crippen molar-refractivity contribution >= 4 is 23.6 Å². The SMILES string of the molecule is O=C1NCCCNC(=O)C(=O)NCCCNC1=O.[Pt+2]. The maximum atomic E-state index is 11.2. The summed E-state index contributed by atoms with van der Waals surface area (Å²) < 4.78 is 0. The molecular formula is C10H16N4O4Pt+2. The first kappa shape index (κ1) is 17.6. The van der Waals surface area contributed by atoms with Gasteiger partial charge in [-0.05, 0) is 12.8 Å². The minimum Gasteiger partial charge on any atom is -0.348 e. The molecule has 0 unspecified atom stereocenters. The Balaban J connectivity index is 0.00000324. The minimum atomic E-state index is -0.692. The van der Waals surface area contributed by atoms with E-state index >= 15 is 0 Å². The number of hydrogen-bond acceptors (Lipinski definition) is 4. The molecule has 0 aliphatic carbocycles. The van der Waals surface area contributed by atoms with Gasteiger partial charge in [-0.2, -0.15) is 0 Å². The molecule has 1 rings (SSSR count). The second kappa shape index (κ2) is 9.49. The summed E-state index contributed by atoms with van der Waals surface area (Å²) in [7, 11) is 0. The van der Waals surface area contributed by atoms with Gasteiger partial charge in [0.05, 0.1) is 0 Å². The fourth-order valence-corrected chi connectivity index (χ4v) is 1.31. The Labute approximate surface area is 124 Å². The third kappa shape index (κ3) is 6.90. The summed E-state index contributed by atoms with van der Waals surface area (Å²) in [6, 6.07) is 0. The van der Waals surface area contributed by atoms with Gasteiger partial charge in [0.2, 0.25) is 0 Å². The van der Waals surface area contributed by atoms with Crippen molar-refractivity contribution in [2.75, 3.05) is 26.2 Å². The third-order valence-corrected chi connectivity index (χ3v) is 2.26. The van der Waals surface area contributed by atoms with Crippen molar-refractivity contribution in [2.45, 2.75) is 12.8 Å². The number of amides is 4. The standard InChI is InChI=1S/C10H16N4O4.Pt/c15-7-9(17)13-5-2-6-14-10(18)8(16)12-4-1-3-11-7;/h1-6H2,(H,11,15)(H,12,16)(H,13,17)(H,14,18);/q;+2. The predicted molar refractivity (Wildman–Crippen MR) is 61.3 cm³/mol. The molecule has 0 aromatic heterocycles. The predicted octanol–water partition coefficient (Wildman–Crippen LogP) is -2.76. The molecule has 1 aliphatic heterocycles. The van der Waals surface area contributed by atoms with Crippen molar-refractivity contribution in [3.8, 4) is 0 Å². The maximum Gasteiger partial charge on any atom is 2.00 e. The van der Waals surface area contributed by atoms with Crippen LogP contribution in [0.25, 0.3) is 0 Å². The van der Waals surface area contributed by atoms with Crippen LogP contribution in [0.15, 0.2) is 0 Å². The zero-order chi connectivity index (χ0) is 13.4. The maximum absolute atomic E-state index is 11.2. The molecule has 1 saturated heterocycles. The Kier molecular flexibility index (Phi) is 8.78. The summed E-state index contributed by atoms with van der Waals surface area (Å²) in [6.45, 7) is 1.03. The monoisotopic (exact) mass is 451 g/mol. The molecule has 0 atom stereocenters. The number of rotatable bonds is 0. The molecule has 108 valence electrons. The second-order valence-corrected chi connectivity index (χ2v) is 3.73. The van der Waals surface area contributed by atoms with Gasteiger partial charge in [0.15, 0.2) is 0 Å². The summed E-state index contributed by atoms with van der Waals surface area (Å²) in [6.07, 6.45) is 0.885. The van der Waals surface area contributed by atoms with E-state index in [9.17, 15) is 19.2 Å². The summed E-state index contributed by atoms with van der Waals surface area (Å²) >= 11 is 0. The van der Waals surface area contributed by atoms with Crippen LogP contribution in [0.1, 0.15) is 12.8 Å². The molecule has 1 aliphatic rings. The van der Waals surface area contributed by atoms with Gasteiger partial charge in [0.25, 0.3) is 0 Å². The molecule has 4 N–H and O–H groups in total. The van der Waals surface area contributed by atoms with E-state index < -0.39 is 23.6 Å². The largest absolute Gasteiger partial charge is 2.00 e. The fraction of sp³-hybridized carbons (Fsp3) is 0.600. The van der Waals surface area contributed by atoms with Crippen LogP contribution < -0.4 is 21.3 Å². The minimum absolute atomic E-state index is 0. The first-order chi connectivity index (χ1) is 8.61. The Hall–Kier alpha value is -1.43. The molecule has 0 radical (unpaired) electrons. The van der Waals surface area contributed by atoms with E-state index in [1.807, 2.05) is 0 Å². The van der Waals surface area contributed by atoms with E-state index in [1.54, 1.807) is 0 Å². The number of nitrogens with one attached hydrogen (secondary N) is 4. The number of carbonyl (C=O) groups excluding carboxylic acids is 4. The number of hydrogen-bond donors (Lipinski definition) is 4. The first-order valence-corrected chi connectivity index (χ1v) is 5.73. The topological polar surface area (TPSA) is 116 Å². The second-order valence-electron chi connectivity index (χ2n) is 3.73. The van der Waals surface area contributed by atoms with Crippen molar-refractivity contribution in [1.29, 1.82) is 0 Å². The van der Waals surface area contributed by atoms with Crippen LogP contribution in [0.3, 0.4) is 0 Å². The van der Waals surface area contributed by atoms with Crippen molar-refractivity contribution in [1.82, 2.24) is 21.3 Å². The zero-order valence-electron chi connectivity index (χ0n) is 10.2. The molecule has 1 heterocycles. The van der Waals surface area contributed by atoms with Crippen LogP contribution in [-0.2, 0) is 40.2 Å². The van der Waals surface area contributed by atoms with Crippen LogP contribution >= 0.6 is 0 Å². The molecule has 8 nitrogen and oxygen atoms in total. The van der Waals surface area contributed by atoms with Gasteiger partial charge in [0, 0.05) is 26.2 Å². The van der Waals surface area contributed by atoms with Crippen LogP contribution in [0.2, 0.25) is 0 Å². The molecule has 4 amide bonds. The van der Waals surface area contributed by atoms with E-state index in [-0.39, 0.29) is 47.2 Å². The summed E-state index contributed by atoms with van der Waals surface area (Å²) in [5, 5.41) is 9.64. The molecule has 0 aromatic rings. The Morgan fingerprint density at radius 2 is 0.737 bits per heavy atom. The molecule has 1 fully saturated rings. The van der Waals surface area contributed by atoms with Crippen molar-refractivity contribution in [3.05, 3.63) is 0 Å². The number of carbonyl (C=O) groups is 4. The quantitative estimate of drug-likeness (QED) is 0.299. The van der Waals surface area contributed by atoms with Gasteiger partial charge >= 0.3 is 44.7 Å². The van der Waals surface area contributed by atoms with E-state index in [1.165, 1.54) is 0 Å². The Bertz CT molecular complexity index is 295. The smallest absolute Gasteiger partial charge is 0.348 e. The van der Waals surface area contributed by atoms with Gasteiger partial charge in [-0.25, -0.2) is 0 Å². The van der Waals surface area contributed by atoms with Gasteiger partial charge in [-0.3, -0.25) is 19.2 Å². The van der Waals surface area contributed by atoms with Gasteiger partial charge in [0.1, 0.15) is 0 Å². The molecule has 19 heavy (non-hydrogen) atoms. The summed E-state index contributed by atoms with van der Waals surface area (Å²) in [4.78, 5) is 44.9. The molecule has 0 aromatic carbocycles. The fourth-order valence-electron chi connectivity index (χ4n) is 1.31. The average Bonchev–Trinajstić information content (AvgIpc) is 2.35. The van der Waals surface area contributed by atoms with E-state index in [4.69, 9.17) is 0 Å². The van der Waals surface area contributed by atoms with E-state index in [0.29, 0.717) is 12.8 Å². The van der Waals surface area contributed by atoms with Crippen molar-refractivity contribution < 1.29 is 40.2 Å². The molecule has 0 bridgehead atoms. The van der Waals surface area contributed by atoms with E-state index in [2.05, 4.69) is 21.3 Å².